The fourth-order valence-corrected chi connectivity index (χ4v) is 0.809. The van der Waals surface area contributed by atoms with Gasteiger partial charge in [-0.05, 0) is 0 Å². The molecular formula is C7H3N3O. The lowest BCUT2D eigenvalue weighted by Crippen LogP contribution is -1.83. The van der Waals surface area contributed by atoms with Gasteiger partial charge in [0.25, 0.3) is 0 Å². The van der Waals surface area contributed by atoms with Gasteiger partial charge >= 0.3 is 0 Å². The van der Waals surface area contributed by atoms with E-state index in [-0.39, 0.29) is 0 Å². The van der Waals surface area contributed by atoms with E-state index in [1.807, 2.05) is 6.07 Å². The third-order valence-corrected chi connectivity index (χ3v) is 1.28. The van der Waals surface area contributed by atoms with Crippen LogP contribution in [0.4, 0.5) is 0 Å². The van der Waals surface area contributed by atoms with Gasteiger partial charge in [-0.25, -0.2) is 9.97 Å². The molecule has 0 saturated heterocycles. The second-order valence-corrected chi connectivity index (χ2v) is 1.98. The summed E-state index contributed by atoms with van der Waals surface area (Å²) in [6, 6.07) is 3.56. The van der Waals surface area contributed by atoms with Crippen LogP contribution in [0.1, 0.15) is 5.69 Å². The van der Waals surface area contributed by atoms with E-state index in [9.17, 15) is 0 Å². The first-order valence-corrected chi connectivity index (χ1v) is 3.00. The van der Waals surface area contributed by atoms with E-state index in [0.717, 1.165) is 0 Å². The summed E-state index contributed by atoms with van der Waals surface area (Å²) >= 11 is 0. The third kappa shape index (κ3) is 0.829. The van der Waals surface area contributed by atoms with E-state index in [2.05, 4.69) is 9.97 Å². The quantitative estimate of drug-likeness (QED) is 0.556. The summed E-state index contributed by atoms with van der Waals surface area (Å²) in [7, 11) is 0. The van der Waals surface area contributed by atoms with Crippen LogP contribution < -0.4 is 0 Å². The number of furan rings is 1. The van der Waals surface area contributed by atoms with Gasteiger partial charge in [0.05, 0.1) is 12.5 Å². The third-order valence-electron chi connectivity index (χ3n) is 1.28. The van der Waals surface area contributed by atoms with Gasteiger partial charge in [0.15, 0.2) is 5.69 Å². The van der Waals surface area contributed by atoms with E-state index < -0.39 is 0 Å². The summed E-state index contributed by atoms with van der Waals surface area (Å²) in [5, 5.41) is 8.45. The van der Waals surface area contributed by atoms with Crippen molar-refractivity contribution < 1.29 is 4.42 Å². The summed E-state index contributed by atoms with van der Waals surface area (Å²) in [4.78, 5) is 7.80. The van der Waals surface area contributed by atoms with Crippen LogP contribution in [-0.4, -0.2) is 9.97 Å². The van der Waals surface area contributed by atoms with E-state index >= 15 is 0 Å². The molecule has 0 saturated carbocycles. The predicted octanol–water partition coefficient (Wildman–Crippen LogP) is 1.09. The molecule has 2 heterocycles. The van der Waals surface area contributed by atoms with E-state index in [4.69, 9.17) is 9.68 Å². The lowest BCUT2D eigenvalue weighted by molar-refractivity contribution is 0.602. The second-order valence-electron chi connectivity index (χ2n) is 1.98. The van der Waals surface area contributed by atoms with Crippen molar-refractivity contribution in [3.8, 4) is 6.07 Å². The summed E-state index contributed by atoms with van der Waals surface area (Å²) in [6.07, 6.45) is 2.87. The number of hydrogen-bond acceptors (Lipinski definition) is 4. The van der Waals surface area contributed by atoms with Crippen molar-refractivity contribution >= 4 is 11.2 Å². The molecule has 0 bridgehead atoms. The molecule has 4 nitrogen and oxygen atoms in total. The van der Waals surface area contributed by atoms with Crippen LogP contribution in [0.3, 0.4) is 0 Å². The molecule has 52 valence electrons. The van der Waals surface area contributed by atoms with Gasteiger partial charge in [0.2, 0.25) is 5.71 Å². The molecule has 0 N–H and O–H groups in total. The van der Waals surface area contributed by atoms with Crippen LogP contribution in [0.2, 0.25) is 0 Å². The Morgan fingerprint density at radius 1 is 1.55 bits per heavy atom. The number of nitrogens with zero attached hydrogens (tertiary/aromatic N) is 3. The zero-order valence-electron chi connectivity index (χ0n) is 5.48. The molecule has 11 heavy (non-hydrogen) atoms. The molecule has 0 unspecified atom stereocenters. The summed E-state index contributed by atoms with van der Waals surface area (Å²) < 4.78 is 4.93. The van der Waals surface area contributed by atoms with Gasteiger partial charge in [-0.15, -0.1) is 0 Å². The predicted molar refractivity (Wildman–Crippen MR) is 36.5 cm³/mol. The molecule has 2 aromatic heterocycles. The molecule has 0 fully saturated rings. The maximum Gasteiger partial charge on any atom is 0.245 e. The maximum atomic E-state index is 8.45. The molecule has 0 aliphatic heterocycles. The molecule has 0 radical (unpaired) electrons. The molecule has 0 aliphatic carbocycles. The van der Waals surface area contributed by atoms with Crippen molar-refractivity contribution in [3.63, 3.8) is 0 Å². The molecule has 0 aliphatic rings. The Balaban J connectivity index is 2.79. The normalized spacial score (nSPS) is 9.73. The standard InChI is InChI=1S/C7H3N3O/c8-3-5-4-9-7-6(10-5)1-2-11-7/h1-2,4H. The van der Waals surface area contributed by atoms with Crippen LogP contribution in [0, 0.1) is 11.3 Å². The largest absolute Gasteiger partial charge is 0.445 e. The molecule has 0 amide bonds. The van der Waals surface area contributed by atoms with Crippen molar-refractivity contribution in [3.05, 3.63) is 24.2 Å². The van der Waals surface area contributed by atoms with E-state index in [0.29, 0.717) is 16.9 Å². The SMILES string of the molecule is N#Cc1cnc2occc2n1. The summed E-state index contributed by atoms with van der Waals surface area (Å²) in [6.45, 7) is 0. The topological polar surface area (TPSA) is 62.7 Å². The highest BCUT2D eigenvalue weighted by molar-refractivity contribution is 5.67. The lowest BCUT2D eigenvalue weighted by atomic mass is 10.4. The highest BCUT2D eigenvalue weighted by Gasteiger charge is 1.99. The van der Waals surface area contributed by atoms with Crippen molar-refractivity contribution in [1.29, 1.82) is 5.26 Å². The Kier molecular flexibility index (Phi) is 1.10. The number of aromatic nitrogens is 2. The van der Waals surface area contributed by atoms with E-state index in [1.54, 1.807) is 6.07 Å². The Labute approximate surface area is 62.1 Å². The Hall–Kier alpha value is -1.89. The molecule has 0 atom stereocenters. The van der Waals surface area contributed by atoms with Crippen molar-refractivity contribution in [2.24, 2.45) is 0 Å². The first-order valence-electron chi connectivity index (χ1n) is 3.00. The van der Waals surface area contributed by atoms with Gasteiger partial charge in [-0.2, -0.15) is 5.26 Å². The van der Waals surface area contributed by atoms with Crippen LogP contribution in [-0.2, 0) is 0 Å². The zero-order chi connectivity index (χ0) is 7.68. The molecule has 0 spiro atoms. The lowest BCUT2D eigenvalue weighted by Gasteiger charge is -1.85. The minimum atomic E-state index is 0.305. The molecular weight excluding hydrogens is 142 g/mol. The monoisotopic (exact) mass is 145 g/mol. The van der Waals surface area contributed by atoms with Gasteiger partial charge < -0.3 is 4.42 Å². The van der Waals surface area contributed by atoms with Crippen molar-refractivity contribution in [2.45, 2.75) is 0 Å². The molecule has 4 heteroatoms. The number of nitriles is 1. The van der Waals surface area contributed by atoms with Crippen LogP contribution >= 0.6 is 0 Å². The van der Waals surface area contributed by atoms with Gasteiger partial charge in [-0.3, -0.25) is 0 Å². The summed E-state index contributed by atoms with van der Waals surface area (Å²) in [5.74, 6) is 0. The average molecular weight is 145 g/mol. The zero-order valence-corrected chi connectivity index (χ0v) is 5.48. The molecule has 2 rings (SSSR count). The Morgan fingerprint density at radius 3 is 3.27 bits per heavy atom. The van der Waals surface area contributed by atoms with Crippen molar-refractivity contribution in [2.75, 3.05) is 0 Å². The van der Waals surface area contributed by atoms with Crippen molar-refractivity contribution in [1.82, 2.24) is 9.97 Å². The fourth-order valence-electron chi connectivity index (χ4n) is 0.809. The van der Waals surface area contributed by atoms with Gasteiger partial charge in [0.1, 0.15) is 11.6 Å². The van der Waals surface area contributed by atoms with Crippen LogP contribution in [0.15, 0.2) is 22.9 Å². The Morgan fingerprint density at radius 2 is 2.45 bits per heavy atom. The average Bonchev–Trinajstić information content (AvgIpc) is 2.50. The number of rotatable bonds is 0. The fraction of sp³-hybridized carbons (Fsp3) is 0. The summed E-state index contributed by atoms with van der Waals surface area (Å²) in [5.41, 5.74) is 1.38. The minimum Gasteiger partial charge on any atom is -0.445 e. The van der Waals surface area contributed by atoms with Crippen LogP contribution in [0.25, 0.3) is 11.2 Å². The second kappa shape index (κ2) is 2.06. The first-order chi connectivity index (χ1) is 5.40. The molecule has 0 aromatic carbocycles. The smallest absolute Gasteiger partial charge is 0.245 e. The first kappa shape index (κ1) is 5.86. The molecule has 2 aromatic rings. The highest BCUT2D eigenvalue weighted by Crippen LogP contribution is 2.08. The number of hydrogen-bond donors (Lipinski definition) is 0. The maximum absolute atomic E-state index is 8.45. The minimum absolute atomic E-state index is 0.305. The Bertz CT molecular complexity index is 426. The van der Waals surface area contributed by atoms with E-state index in [1.165, 1.54) is 12.5 Å². The number of fused-ring (bicyclic) bond motifs is 1. The van der Waals surface area contributed by atoms with Crippen LogP contribution in [0.5, 0.6) is 0 Å². The van der Waals surface area contributed by atoms with Gasteiger partial charge in [-0.1, -0.05) is 0 Å². The highest BCUT2D eigenvalue weighted by atomic mass is 16.3. The van der Waals surface area contributed by atoms with Gasteiger partial charge in [0, 0.05) is 6.07 Å².